The van der Waals surface area contributed by atoms with Gasteiger partial charge in [-0.1, -0.05) is 48.0 Å². The molecule has 2 aromatic rings. The molecule has 0 radical (unpaired) electrons. The number of aromatic hydroxyl groups is 1. The summed E-state index contributed by atoms with van der Waals surface area (Å²) in [5.41, 5.74) is 0.296. The molecule has 0 fully saturated rings. The minimum atomic E-state index is -1.40. The van der Waals surface area contributed by atoms with Crippen LogP contribution in [-0.4, -0.2) is 17.0 Å². The summed E-state index contributed by atoms with van der Waals surface area (Å²) in [5, 5.41) is 21.3. The highest BCUT2D eigenvalue weighted by molar-refractivity contribution is 5.90. The first-order chi connectivity index (χ1) is 12.4. The van der Waals surface area contributed by atoms with Crippen LogP contribution in [0.2, 0.25) is 0 Å². The van der Waals surface area contributed by atoms with Crippen molar-refractivity contribution >= 4 is 11.9 Å². The zero-order chi connectivity index (χ0) is 18.7. The Bertz CT molecular complexity index is 879. The number of hydrogen-bond acceptors (Lipinski definition) is 5. The summed E-state index contributed by atoms with van der Waals surface area (Å²) in [5.74, 6) is -2.83. The molecule has 0 saturated carbocycles. The van der Waals surface area contributed by atoms with Gasteiger partial charge in [0, 0.05) is 11.5 Å². The number of ether oxygens (including phenoxy) is 1. The van der Waals surface area contributed by atoms with Gasteiger partial charge in [0.05, 0.1) is 11.5 Å². The summed E-state index contributed by atoms with van der Waals surface area (Å²) in [7, 11) is 0. The Hall–Kier alpha value is -3.34. The van der Waals surface area contributed by atoms with E-state index in [4.69, 9.17) is 4.74 Å². The number of rotatable bonds is 4. The third-order valence-electron chi connectivity index (χ3n) is 4.25. The average molecular weight is 349 g/mol. The summed E-state index contributed by atoms with van der Waals surface area (Å²) in [6.45, 7) is 1.91. The van der Waals surface area contributed by atoms with Gasteiger partial charge in [0.2, 0.25) is 0 Å². The topological polar surface area (TPSA) is 86.7 Å². The number of esters is 1. The van der Waals surface area contributed by atoms with Crippen molar-refractivity contribution in [2.24, 2.45) is 5.92 Å². The number of phenols is 1. The molecule has 0 aliphatic heterocycles. The Morgan fingerprint density at radius 2 is 1.65 bits per heavy atom. The average Bonchev–Trinajstić information content (AvgIpc) is 2.63. The van der Waals surface area contributed by atoms with Crippen LogP contribution in [0.4, 0.5) is 0 Å². The minimum Gasteiger partial charge on any atom is -0.549 e. The first kappa shape index (κ1) is 17.5. The zero-order valence-electron chi connectivity index (χ0n) is 14.1. The van der Waals surface area contributed by atoms with E-state index < -0.39 is 23.5 Å². The lowest BCUT2D eigenvalue weighted by molar-refractivity contribution is -0.308. The molecule has 3 rings (SSSR count). The maximum Gasteiger partial charge on any atom is 0.339 e. The second-order valence-corrected chi connectivity index (χ2v) is 6.13. The van der Waals surface area contributed by atoms with Gasteiger partial charge in [0.15, 0.2) is 5.60 Å². The van der Waals surface area contributed by atoms with Crippen LogP contribution in [0.5, 0.6) is 5.75 Å². The molecule has 0 unspecified atom stereocenters. The number of aryl methyl sites for hydroxylation is 1. The fourth-order valence-electron chi connectivity index (χ4n) is 2.78. The number of carboxylic acid groups (broad SMARTS) is 1. The Morgan fingerprint density at radius 1 is 1.04 bits per heavy atom. The van der Waals surface area contributed by atoms with Crippen molar-refractivity contribution in [3.05, 3.63) is 89.5 Å². The van der Waals surface area contributed by atoms with E-state index in [1.165, 1.54) is 30.4 Å². The number of benzene rings is 2. The molecule has 2 aromatic carbocycles. The second-order valence-electron chi connectivity index (χ2n) is 6.13. The third kappa shape index (κ3) is 3.37. The van der Waals surface area contributed by atoms with Gasteiger partial charge in [-0.3, -0.25) is 0 Å². The van der Waals surface area contributed by atoms with Crippen LogP contribution in [0.15, 0.2) is 72.8 Å². The SMILES string of the molecule is Cc1ccc(C(=O)OC2(c3ccccc3O)C=CC(C(=O)[O-])C=C2)cc1. The fourth-order valence-corrected chi connectivity index (χ4v) is 2.78. The van der Waals surface area contributed by atoms with E-state index in [1.54, 1.807) is 42.5 Å². The maximum absolute atomic E-state index is 12.6. The predicted octanol–water partition coefficient (Wildman–Crippen LogP) is 2.25. The van der Waals surface area contributed by atoms with Gasteiger partial charge in [-0.15, -0.1) is 0 Å². The molecule has 5 nitrogen and oxygen atoms in total. The number of para-hydroxylation sites is 1. The summed E-state index contributed by atoms with van der Waals surface area (Å²) in [4.78, 5) is 23.7. The molecule has 5 heteroatoms. The molecule has 26 heavy (non-hydrogen) atoms. The van der Waals surface area contributed by atoms with Gasteiger partial charge in [0.25, 0.3) is 0 Å². The Kier molecular flexibility index (Phi) is 4.63. The van der Waals surface area contributed by atoms with Crippen molar-refractivity contribution in [2.75, 3.05) is 0 Å². The van der Waals surface area contributed by atoms with Crippen LogP contribution in [0, 0.1) is 12.8 Å². The van der Waals surface area contributed by atoms with E-state index in [0.29, 0.717) is 11.1 Å². The lowest BCUT2D eigenvalue weighted by atomic mass is 9.85. The van der Waals surface area contributed by atoms with Crippen LogP contribution >= 0.6 is 0 Å². The molecule has 1 N–H and O–H groups in total. The van der Waals surface area contributed by atoms with E-state index in [2.05, 4.69) is 0 Å². The van der Waals surface area contributed by atoms with Crippen LogP contribution in [0.3, 0.4) is 0 Å². The highest BCUT2D eigenvalue weighted by Gasteiger charge is 2.36. The molecule has 0 atom stereocenters. The molecule has 0 heterocycles. The standard InChI is InChI=1S/C21H18O5/c1-14-6-8-16(9-7-14)20(25)26-21(17-4-2-3-5-18(17)22)12-10-15(11-13-21)19(23)24/h2-13,15,22H,1H3,(H,23,24)/p-1. The molecule has 0 amide bonds. The maximum atomic E-state index is 12.6. The van der Waals surface area contributed by atoms with E-state index in [-0.39, 0.29) is 5.75 Å². The number of carboxylic acids is 1. The van der Waals surface area contributed by atoms with E-state index >= 15 is 0 Å². The van der Waals surface area contributed by atoms with Crippen LogP contribution in [0.25, 0.3) is 0 Å². The second kappa shape index (κ2) is 6.88. The number of phenolic OH excluding ortho intramolecular Hbond substituents is 1. The van der Waals surface area contributed by atoms with Crippen LogP contribution < -0.4 is 5.11 Å². The molecule has 132 valence electrons. The number of carbonyl (C=O) groups is 2. The van der Waals surface area contributed by atoms with Gasteiger partial charge in [-0.25, -0.2) is 4.79 Å². The van der Waals surface area contributed by atoms with Crippen LogP contribution in [0.1, 0.15) is 21.5 Å². The molecule has 1 aliphatic carbocycles. The van der Waals surface area contributed by atoms with Crippen LogP contribution in [-0.2, 0) is 15.1 Å². The molecule has 0 aromatic heterocycles. The largest absolute Gasteiger partial charge is 0.549 e. The molecular weight excluding hydrogens is 332 g/mol. The van der Waals surface area contributed by atoms with Crippen molar-refractivity contribution in [3.63, 3.8) is 0 Å². The lowest BCUT2D eigenvalue weighted by Gasteiger charge is -2.32. The predicted molar refractivity (Wildman–Crippen MR) is 93.2 cm³/mol. The van der Waals surface area contributed by atoms with E-state index in [1.807, 2.05) is 6.92 Å². The molecular formula is C21H17O5-. The van der Waals surface area contributed by atoms with Gasteiger partial charge < -0.3 is 19.7 Å². The third-order valence-corrected chi connectivity index (χ3v) is 4.25. The minimum absolute atomic E-state index is 0.0644. The molecule has 1 aliphatic rings. The Balaban J connectivity index is 2.00. The van der Waals surface area contributed by atoms with Gasteiger partial charge in [-0.2, -0.15) is 0 Å². The molecule has 0 bridgehead atoms. The van der Waals surface area contributed by atoms with Crippen molar-refractivity contribution < 1.29 is 24.5 Å². The normalized spacial score (nSPS) is 21.3. The first-order valence-electron chi connectivity index (χ1n) is 8.09. The Morgan fingerprint density at radius 3 is 2.23 bits per heavy atom. The van der Waals surface area contributed by atoms with Gasteiger partial charge >= 0.3 is 5.97 Å². The quantitative estimate of drug-likeness (QED) is 0.676. The molecule has 0 spiro atoms. The van der Waals surface area contributed by atoms with Gasteiger partial charge in [-0.05, 0) is 37.3 Å². The van der Waals surface area contributed by atoms with Crippen molar-refractivity contribution in [1.82, 2.24) is 0 Å². The van der Waals surface area contributed by atoms with E-state index in [9.17, 15) is 19.8 Å². The summed E-state index contributed by atoms with van der Waals surface area (Å²) in [6.07, 6.45) is 5.66. The Labute approximate surface area is 150 Å². The lowest BCUT2D eigenvalue weighted by Crippen LogP contribution is -2.35. The fraction of sp³-hybridized carbons (Fsp3) is 0.143. The highest BCUT2D eigenvalue weighted by atomic mass is 16.6. The van der Waals surface area contributed by atoms with Crippen molar-refractivity contribution in [2.45, 2.75) is 12.5 Å². The molecule has 0 saturated heterocycles. The van der Waals surface area contributed by atoms with Gasteiger partial charge in [0.1, 0.15) is 5.75 Å². The smallest absolute Gasteiger partial charge is 0.339 e. The zero-order valence-corrected chi connectivity index (χ0v) is 14.1. The monoisotopic (exact) mass is 349 g/mol. The van der Waals surface area contributed by atoms with Crippen molar-refractivity contribution in [1.29, 1.82) is 0 Å². The number of carbonyl (C=O) groups excluding carboxylic acids is 2. The summed E-state index contributed by atoms with van der Waals surface area (Å²) < 4.78 is 5.71. The highest BCUT2D eigenvalue weighted by Crippen LogP contribution is 2.38. The first-order valence-corrected chi connectivity index (χ1v) is 8.09. The van der Waals surface area contributed by atoms with Crippen molar-refractivity contribution in [3.8, 4) is 5.75 Å². The number of hydrogen-bond donors (Lipinski definition) is 1. The van der Waals surface area contributed by atoms with E-state index in [0.717, 1.165) is 5.56 Å². The summed E-state index contributed by atoms with van der Waals surface area (Å²) in [6, 6.07) is 13.3. The number of aliphatic carboxylic acids is 1. The summed E-state index contributed by atoms with van der Waals surface area (Å²) >= 11 is 0.